The van der Waals surface area contributed by atoms with E-state index in [0.717, 1.165) is 38.5 Å². The zero-order valence-corrected chi connectivity index (χ0v) is 28.0. The molecule has 0 fully saturated rings. The lowest BCUT2D eigenvalue weighted by Gasteiger charge is -2.14. The van der Waals surface area contributed by atoms with Crippen molar-refractivity contribution in [3.63, 3.8) is 0 Å². The lowest BCUT2D eigenvalue weighted by atomic mass is 10.0. The van der Waals surface area contributed by atoms with Crippen LogP contribution in [-0.4, -0.2) is 35.5 Å². The molecule has 42 heavy (non-hydrogen) atoms. The van der Waals surface area contributed by atoms with Crippen molar-refractivity contribution in [2.75, 3.05) is 6.54 Å². The summed E-state index contributed by atoms with van der Waals surface area (Å²) in [5.74, 6) is -1.05. The molecule has 0 bridgehead atoms. The SMILES string of the molecule is CCCCCCCCCCCCCCCCCC(=O)N[C@@H](CCCCNC(=O)CCCCCCCCCCC)C(=O)O. The molecule has 0 aromatic carbocycles. The first-order valence-corrected chi connectivity index (χ1v) is 18.3. The summed E-state index contributed by atoms with van der Waals surface area (Å²) in [5.41, 5.74) is 0. The van der Waals surface area contributed by atoms with Gasteiger partial charge in [0.25, 0.3) is 0 Å². The molecule has 0 saturated heterocycles. The Morgan fingerprint density at radius 3 is 1.21 bits per heavy atom. The Morgan fingerprint density at radius 1 is 0.476 bits per heavy atom. The zero-order valence-electron chi connectivity index (χ0n) is 28.0. The molecular weight excluding hydrogens is 524 g/mol. The van der Waals surface area contributed by atoms with Gasteiger partial charge < -0.3 is 15.7 Å². The second kappa shape index (κ2) is 32.3. The van der Waals surface area contributed by atoms with Crippen LogP contribution >= 0.6 is 0 Å². The maximum absolute atomic E-state index is 12.3. The molecule has 2 amide bonds. The van der Waals surface area contributed by atoms with Crippen molar-refractivity contribution in [1.82, 2.24) is 10.6 Å². The van der Waals surface area contributed by atoms with Crippen LogP contribution in [-0.2, 0) is 14.4 Å². The zero-order chi connectivity index (χ0) is 30.9. The van der Waals surface area contributed by atoms with Crippen molar-refractivity contribution in [3.05, 3.63) is 0 Å². The lowest BCUT2D eigenvalue weighted by molar-refractivity contribution is -0.142. The Morgan fingerprint density at radius 2 is 0.833 bits per heavy atom. The Balaban J connectivity index is 3.62. The number of hydrogen-bond donors (Lipinski definition) is 3. The Hall–Kier alpha value is -1.59. The fraction of sp³-hybridized carbons (Fsp3) is 0.917. The molecule has 0 saturated carbocycles. The minimum absolute atomic E-state index is 0.0875. The summed E-state index contributed by atoms with van der Waals surface area (Å²) in [5, 5.41) is 15.1. The van der Waals surface area contributed by atoms with Crippen molar-refractivity contribution in [2.24, 2.45) is 0 Å². The normalized spacial score (nSPS) is 11.9. The van der Waals surface area contributed by atoms with Crippen LogP contribution in [0.3, 0.4) is 0 Å². The second-order valence-electron chi connectivity index (χ2n) is 12.6. The van der Waals surface area contributed by atoms with Crippen LogP contribution in [0.4, 0.5) is 0 Å². The van der Waals surface area contributed by atoms with E-state index >= 15 is 0 Å². The number of amides is 2. The summed E-state index contributed by atoms with van der Waals surface area (Å²) < 4.78 is 0. The van der Waals surface area contributed by atoms with E-state index in [1.807, 2.05) is 0 Å². The van der Waals surface area contributed by atoms with E-state index < -0.39 is 12.0 Å². The number of carboxylic acid groups (broad SMARTS) is 1. The van der Waals surface area contributed by atoms with E-state index in [4.69, 9.17) is 0 Å². The summed E-state index contributed by atoms with van der Waals surface area (Å²) in [6.07, 6.45) is 33.1. The highest BCUT2D eigenvalue weighted by molar-refractivity contribution is 5.83. The van der Waals surface area contributed by atoms with Gasteiger partial charge in [-0.05, 0) is 32.1 Å². The predicted molar refractivity (Wildman–Crippen MR) is 178 cm³/mol. The maximum atomic E-state index is 12.3. The van der Waals surface area contributed by atoms with Crippen molar-refractivity contribution in [1.29, 1.82) is 0 Å². The molecule has 0 rings (SSSR count). The Labute approximate surface area is 260 Å². The van der Waals surface area contributed by atoms with Crippen molar-refractivity contribution < 1.29 is 19.5 Å². The third-order valence-corrected chi connectivity index (χ3v) is 8.39. The topological polar surface area (TPSA) is 95.5 Å². The highest BCUT2D eigenvalue weighted by atomic mass is 16.4. The van der Waals surface area contributed by atoms with Gasteiger partial charge in [-0.3, -0.25) is 9.59 Å². The number of aliphatic carboxylic acids is 1. The number of nitrogens with one attached hydrogen (secondary N) is 2. The summed E-state index contributed by atoms with van der Waals surface area (Å²) >= 11 is 0. The first kappa shape index (κ1) is 40.4. The van der Waals surface area contributed by atoms with Crippen molar-refractivity contribution >= 4 is 17.8 Å². The van der Waals surface area contributed by atoms with Crippen LogP contribution in [0.15, 0.2) is 0 Å². The molecule has 0 aliphatic rings. The summed E-state index contributed by atoms with van der Waals surface area (Å²) in [7, 11) is 0. The monoisotopic (exact) mass is 595 g/mol. The molecule has 6 nitrogen and oxygen atoms in total. The highest BCUT2D eigenvalue weighted by Gasteiger charge is 2.19. The molecule has 1 atom stereocenters. The first-order valence-electron chi connectivity index (χ1n) is 18.3. The van der Waals surface area contributed by atoms with E-state index in [1.54, 1.807) is 0 Å². The van der Waals surface area contributed by atoms with Gasteiger partial charge in [0.05, 0.1) is 0 Å². The van der Waals surface area contributed by atoms with Crippen molar-refractivity contribution in [3.8, 4) is 0 Å². The second-order valence-corrected chi connectivity index (χ2v) is 12.6. The lowest BCUT2D eigenvalue weighted by Crippen LogP contribution is -2.40. The molecule has 0 aliphatic carbocycles. The van der Waals surface area contributed by atoms with Gasteiger partial charge in [0.15, 0.2) is 0 Å². The summed E-state index contributed by atoms with van der Waals surface area (Å²) in [4.78, 5) is 35.9. The molecule has 0 aromatic rings. The van der Waals surface area contributed by atoms with Crippen LogP contribution in [0.5, 0.6) is 0 Å². The minimum atomic E-state index is -0.978. The standard InChI is InChI=1S/C36H70N2O4/c1-3-5-7-9-11-13-14-15-16-17-18-20-22-24-26-31-35(40)38-33(36(41)42)29-27-28-32-37-34(39)30-25-23-21-19-12-10-8-6-4-2/h33H,3-32H2,1-2H3,(H,37,39)(H,38,40)(H,41,42)/t33-/m0/s1. The molecule has 6 heteroatoms. The summed E-state index contributed by atoms with van der Waals surface area (Å²) in [6.45, 7) is 5.07. The summed E-state index contributed by atoms with van der Waals surface area (Å²) in [6, 6.07) is -0.841. The molecular formula is C36H70N2O4. The minimum Gasteiger partial charge on any atom is -0.480 e. The van der Waals surface area contributed by atoms with Crippen LogP contribution < -0.4 is 10.6 Å². The van der Waals surface area contributed by atoms with Gasteiger partial charge in [-0.1, -0.05) is 155 Å². The van der Waals surface area contributed by atoms with E-state index in [0.29, 0.717) is 32.2 Å². The molecule has 0 heterocycles. The van der Waals surface area contributed by atoms with Crippen LogP contribution in [0, 0.1) is 0 Å². The molecule has 248 valence electrons. The third kappa shape index (κ3) is 29.9. The predicted octanol–water partition coefficient (Wildman–Crippen LogP) is 10.0. The Bertz CT molecular complexity index is 626. The van der Waals surface area contributed by atoms with Crippen LogP contribution in [0.2, 0.25) is 0 Å². The smallest absolute Gasteiger partial charge is 0.326 e. The first-order chi connectivity index (χ1) is 20.5. The van der Waals surface area contributed by atoms with Gasteiger partial charge >= 0.3 is 5.97 Å². The Kier molecular flexibility index (Phi) is 31.1. The van der Waals surface area contributed by atoms with E-state index in [2.05, 4.69) is 24.5 Å². The molecule has 0 spiro atoms. The fourth-order valence-electron chi connectivity index (χ4n) is 5.57. The van der Waals surface area contributed by atoms with Gasteiger partial charge in [0.2, 0.25) is 11.8 Å². The number of rotatable bonds is 33. The molecule has 0 unspecified atom stereocenters. The highest BCUT2D eigenvalue weighted by Crippen LogP contribution is 2.14. The van der Waals surface area contributed by atoms with E-state index in [1.165, 1.54) is 122 Å². The number of carbonyl (C=O) groups excluding carboxylic acids is 2. The molecule has 3 N–H and O–H groups in total. The fourth-order valence-corrected chi connectivity index (χ4v) is 5.57. The number of unbranched alkanes of at least 4 members (excludes halogenated alkanes) is 23. The van der Waals surface area contributed by atoms with E-state index in [9.17, 15) is 19.5 Å². The molecule has 0 aromatic heterocycles. The van der Waals surface area contributed by atoms with Gasteiger partial charge in [0.1, 0.15) is 6.04 Å². The average molecular weight is 595 g/mol. The van der Waals surface area contributed by atoms with Gasteiger partial charge in [-0.25, -0.2) is 4.79 Å². The maximum Gasteiger partial charge on any atom is 0.326 e. The largest absolute Gasteiger partial charge is 0.480 e. The van der Waals surface area contributed by atoms with Gasteiger partial charge in [0, 0.05) is 19.4 Å². The van der Waals surface area contributed by atoms with Gasteiger partial charge in [-0.2, -0.15) is 0 Å². The number of hydrogen-bond acceptors (Lipinski definition) is 3. The van der Waals surface area contributed by atoms with Crippen molar-refractivity contribution in [2.45, 2.75) is 206 Å². The van der Waals surface area contributed by atoms with Gasteiger partial charge in [-0.15, -0.1) is 0 Å². The third-order valence-electron chi connectivity index (χ3n) is 8.39. The van der Waals surface area contributed by atoms with E-state index in [-0.39, 0.29) is 11.8 Å². The van der Waals surface area contributed by atoms with Crippen LogP contribution in [0.25, 0.3) is 0 Å². The van der Waals surface area contributed by atoms with Crippen LogP contribution in [0.1, 0.15) is 200 Å². The quantitative estimate of drug-likeness (QED) is 0.0659. The molecule has 0 radical (unpaired) electrons. The average Bonchev–Trinajstić information content (AvgIpc) is 2.97. The number of carboxylic acids is 1. The number of carbonyl (C=O) groups is 3. The molecule has 0 aliphatic heterocycles.